The average Bonchev–Trinajstić information content (AvgIpc) is 2.83. The average molecular weight is 446 g/mol. The van der Waals surface area contributed by atoms with Crippen LogP contribution in [0.2, 0.25) is 0 Å². The normalized spacial score (nSPS) is 10.6. The van der Waals surface area contributed by atoms with Crippen molar-refractivity contribution >= 4 is 23.5 Å². The molecule has 0 bridgehead atoms. The lowest BCUT2D eigenvalue weighted by Crippen LogP contribution is -2.20. The van der Waals surface area contributed by atoms with Crippen molar-refractivity contribution in [1.82, 2.24) is 0 Å². The SMILES string of the molecule is CCOc1cc(/C=C/C(=O)c2ccccc2OC)ccc1OCC(=O)Nc1ccccc1C. The molecule has 0 aliphatic carbocycles. The maximum Gasteiger partial charge on any atom is 0.262 e. The summed E-state index contributed by atoms with van der Waals surface area (Å²) in [5.41, 5.74) is 2.97. The summed E-state index contributed by atoms with van der Waals surface area (Å²) in [5.74, 6) is 1.03. The molecule has 0 fully saturated rings. The van der Waals surface area contributed by atoms with Crippen LogP contribution in [0.1, 0.15) is 28.4 Å². The first-order chi connectivity index (χ1) is 16.0. The molecule has 0 aliphatic heterocycles. The minimum atomic E-state index is -0.266. The predicted molar refractivity (Wildman–Crippen MR) is 129 cm³/mol. The maximum absolute atomic E-state index is 12.6. The number of benzene rings is 3. The smallest absolute Gasteiger partial charge is 0.262 e. The molecule has 170 valence electrons. The van der Waals surface area contributed by atoms with E-state index >= 15 is 0 Å². The summed E-state index contributed by atoms with van der Waals surface area (Å²) < 4.78 is 16.6. The number of para-hydroxylation sites is 2. The standard InChI is InChI=1S/C27H27NO5/c1-4-32-26-17-20(13-15-23(29)21-10-6-8-12-24(21)31-3)14-16-25(26)33-18-27(30)28-22-11-7-5-9-19(22)2/h5-17H,4,18H2,1-3H3,(H,28,30)/b15-13+. The largest absolute Gasteiger partial charge is 0.496 e. The van der Waals surface area contributed by atoms with Crippen molar-refractivity contribution in [2.24, 2.45) is 0 Å². The first-order valence-corrected chi connectivity index (χ1v) is 10.6. The zero-order chi connectivity index (χ0) is 23.6. The van der Waals surface area contributed by atoms with Gasteiger partial charge in [-0.1, -0.05) is 42.5 Å². The van der Waals surface area contributed by atoms with Crippen LogP contribution < -0.4 is 19.5 Å². The van der Waals surface area contributed by atoms with E-state index < -0.39 is 0 Å². The molecule has 0 saturated carbocycles. The van der Waals surface area contributed by atoms with Crippen LogP contribution in [0, 0.1) is 6.92 Å². The number of allylic oxidation sites excluding steroid dienone is 1. The van der Waals surface area contributed by atoms with Gasteiger partial charge in [0.05, 0.1) is 19.3 Å². The quantitative estimate of drug-likeness (QED) is 0.338. The Kier molecular flexibility index (Phi) is 8.24. The molecule has 6 heteroatoms. The summed E-state index contributed by atoms with van der Waals surface area (Å²) in [6.07, 6.45) is 3.19. The minimum Gasteiger partial charge on any atom is -0.496 e. The summed E-state index contributed by atoms with van der Waals surface area (Å²) in [4.78, 5) is 24.9. The van der Waals surface area contributed by atoms with Gasteiger partial charge in [-0.2, -0.15) is 0 Å². The zero-order valence-corrected chi connectivity index (χ0v) is 19.0. The van der Waals surface area contributed by atoms with Crippen LogP contribution in [-0.2, 0) is 4.79 Å². The van der Waals surface area contributed by atoms with Gasteiger partial charge in [0.2, 0.25) is 0 Å². The number of methoxy groups -OCH3 is 1. The van der Waals surface area contributed by atoms with E-state index in [4.69, 9.17) is 14.2 Å². The van der Waals surface area contributed by atoms with Gasteiger partial charge in [-0.15, -0.1) is 0 Å². The Morgan fingerprint density at radius 1 is 0.909 bits per heavy atom. The Morgan fingerprint density at radius 2 is 1.67 bits per heavy atom. The number of nitrogens with one attached hydrogen (secondary N) is 1. The summed E-state index contributed by atoms with van der Waals surface area (Å²) in [6, 6.07) is 19.9. The highest BCUT2D eigenvalue weighted by molar-refractivity contribution is 6.08. The fourth-order valence-electron chi connectivity index (χ4n) is 3.17. The number of ketones is 1. The van der Waals surface area contributed by atoms with E-state index in [9.17, 15) is 9.59 Å². The molecule has 33 heavy (non-hydrogen) atoms. The van der Waals surface area contributed by atoms with Crippen LogP contribution in [0.15, 0.2) is 72.8 Å². The van der Waals surface area contributed by atoms with Gasteiger partial charge in [-0.3, -0.25) is 9.59 Å². The molecule has 1 amide bonds. The maximum atomic E-state index is 12.6. The van der Waals surface area contributed by atoms with Gasteiger partial charge in [0.1, 0.15) is 5.75 Å². The number of aryl methyl sites for hydroxylation is 1. The number of carbonyl (C=O) groups is 2. The summed E-state index contributed by atoms with van der Waals surface area (Å²) in [6.45, 7) is 4.06. The van der Waals surface area contributed by atoms with Crippen molar-refractivity contribution in [2.45, 2.75) is 13.8 Å². The molecule has 0 unspecified atom stereocenters. The lowest BCUT2D eigenvalue weighted by molar-refractivity contribution is -0.118. The van der Waals surface area contributed by atoms with Crippen LogP contribution in [0.4, 0.5) is 5.69 Å². The second-order valence-electron chi connectivity index (χ2n) is 7.19. The van der Waals surface area contributed by atoms with E-state index in [0.717, 1.165) is 16.8 Å². The molecule has 0 spiro atoms. The summed E-state index contributed by atoms with van der Waals surface area (Å²) in [7, 11) is 1.53. The Morgan fingerprint density at radius 3 is 2.42 bits per heavy atom. The van der Waals surface area contributed by atoms with Crippen molar-refractivity contribution in [3.05, 3.63) is 89.5 Å². The summed E-state index contributed by atoms with van der Waals surface area (Å²) >= 11 is 0. The second kappa shape index (κ2) is 11.5. The van der Waals surface area contributed by atoms with Crippen LogP contribution in [-0.4, -0.2) is 32.0 Å². The third-order valence-electron chi connectivity index (χ3n) is 4.85. The molecule has 0 aromatic heterocycles. The highest BCUT2D eigenvalue weighted by Crippen LogP contribution is 2.29. The molecule has 0 heterocycles. The number of ether oxygens (including phenoxy) is 3. The second-order valence-corrected chi connectivity index (χ2v) is 7.19. The lowest BCUT2D eigenvalue weighted by Gasteiger charge is -2.13. The first-order valence-electron chi connectivity index (χ1n) is 10.6. The molecule has 3 aromatic carbocycles. The van der Waals surface area contributed by atoms with Crippen molar-refractivity contribution in [1.29, 1.82) is 0 Å². The van der Waals surface area contributed by atoms with Crippen molar-refractivity contribution in [2.75, 3.05) is 25.6 Å². The fourth-order valence-corrected chi connectivity index (χ4v) is 3.17. The molecule has 6 nitrogen and oxygen atoms in total. The van der Waals surface area contributed by atoms with E-state index in [1.165, 1.54) is 13.2 Å². The van der Waals surface area contributed by atoms with Crippen LogP contribution in [0.25, 0.3) is 6.08 Å². The molecule has 0 atom stereocenters. The van der Waals surface area contributed by atoms with Crippen molar-refractivity contribution in [3.63, 3.8) is 0 Å². The molecule has 0 aliphatic rings. The van der Waals surface area contributed by atoms with Gasteiger partial charge in [0, 0.05) is 5.69 Å². The van der Waals surface area contributed by atoms with Gasteiger partial charge >= 0.3 is 0 Å². The van der Waals surface area contributed by atoms with E-state index in [0.29, 0.717) is 29.4 Å². The van der Waals surface area contributed by atoms with Crippen molar-refractivity contribution in [3.8, 4) is 17.2 Å². The zero-order valence-electron chi connectivity index (χ0n) is 19.0. The van der Waals surface area contributed by atoms with E-state index in [2.05, 4.69) is 5.32 Å². The molecule has 0 saturated heterocycles. The van der Waals surface area contributed by atoms with Crippen LogP contribution >= 0.6 is 0 Å². The summed E-state index contributed by atoms with van der Waals surface area (Å²) in [5, 5.41) is 2.84. The molecular weight excluding hydrogens is 418 g/mol. The predicted octanol–water partition coefficient (Wildman–Crippen LogP) is 5.32. The Bertz CT molecular complexity index is 1150. The molecular formula is C27H27NO5. The van der Waals surface area contributed by atoms with Crippen molar-refractivity contribution < 1.29 is 23.8 Å². The third kappa shape index (κ3) is 6.46. The highest BCUT2D eigenvalue weighted by atomic mass is 16.5. The lowest BCUT2D eigenvalue weighted by atomic mass is 10.1. The molecule has 3 rings (SSSR count). The Labute approximate surface area is 193 Å². The topological polar surface area (TPSA) is 73.9 Å². The van der Waals surface area contributed by atoms with Gasteiger partial charge < -0.3 is 19.5 Å². The van der Waals surface area contributed by atoms with Gasteiger partial charge in [0.15, 0.2) is 23.9 Å². The molecule has 0 radical (unpaired) electrons. The number of amides is 1. The van der Waals surface area contributed by atoms with Crippen LogP contribution in [0.3, 0.4) is 0 Å². The van der Waals surface area contributed by atoms with E-state index in [-0.39, 0.29) is 18.3 Å². The fraction of sp³-hybridized carbons (Fsp3) is 0.185. The Balaban J connectivity index is 1.68. The number of anilines is 1. The monoisotopic (exact) mass is 445 g/mol. The minimum absolute atomic E-state index is 0.157. The number of carbonyl (C=O) groups excluding carboxylic acids is 2. The third-order valence-corrected chi connectivity index (χ3v) is 4.85. The van der Waals surface area contributed by atoms with Gasteiger partial charge in [-0.05, 0) is 61.4 Å². The number of hydrogen-bond donors (Lipinski definition) is 1. The Hall–Kier alpha value is -4.06. The molecule has 3 aromatic rings. The van der Waals surface area contributed by atoms with Gasteiger partial charge in [-0.25, -0.2) is 0 Å². The number of hydrogen-bond acceptors (Lipinski definition) is 5. The highest BCUT2D eigenvalue weighted by Gasteiger charge is 2.11. The van der Waals surface area contributed by atoms with E-state index in [1.807, 2.05) is 44.2 Å². The first kappa shape index (κ1) is 23.6. The van der Waals surface area contributed by atoms with Gasteiger partial charge in [0.25, 0.3) is 5.91 Å². The van der Waals surface area contributed by atoms with Crippen LogP contribution in [0.5, 0.6) is 17.2 Å². The number of rotatable bonds is 10. The molecule has 1 N–H and O–H groups in total. The van der Waals surface area contributed by atoms with E-state index in [1.54, 1.807) is 42.5 Å².